The van der Waals surface area contributed by atoms with Gasteiger partial charge in [0, 0.05) is 30.2 Å². The molecule has 1 amide bonds. The summed E-state index contributed by atoms with van der Waals surface area (Å²) in [6.07, 6.45) is 0.0979. The van der Waals surface area contributed by atoms with Gasteiger partial charge >= 0.3 is 5.97 Å². The molecule has 4 rings (SSSR count). The van der Waals surface area contributed by atoms with Crippen molar-refractivity contribution >= 4 is 23.3 Å². The zero-order chi connectivity index (χ0) is 18.3. The Morgan fingerprint density at radius 3 is 2.38 bits per heavy atom. The van der Waals surface area contributed by atoms with E-state index in [0.29, 0.717) is 22.5 Å². The van der Waals surface area contributed by atoms with Crippen LogP contribution in [0.2, 0.25) is 0 Å². The maximum Gasteiger partial charge on any atom is 0.336 e. The Balaban J connectivity index is 1.78. The largest absolute Gasteiger partial charge is 0.456 e. The van der Waals surface area contributed by atoms with Gasteiger partial charge in [-0.05, 0) is 17.7 Å². The van der Waals surface area contributed by atoms with Crippen molar-refractivity contribution in [1.82, 2.24) is 0 Å². The minimum absolute atomic E-state index is 0.0370. The Labute approximate surface area is 148 Å². The van der Waals surface area contributed by atoms with Crippen molar-refractivity contribution in [2.24, 2.45) is 0 Å². The first-order chi connectivity index (χ1) is 12.6. The molecule has 0 fully saturated rings. The quantitative estimate of drug-likeness (QED) is 0.482. The molecule has 0 spiro atoms. The number of esters is 1. The smallest absolute Gasteiger partial charge is 0.336 e. The number of benzene rings is 2. The first-order valence-corrected chi connectivity index (χ1v) is 8.09. The Kier molecular flexibility index (Phi) is 3.76. The predicted molar refractivity (Wildman–Crippen MR) is 92.4 cm³/mol. The standard InChI is InChI=1S/C19H14N2O5/c22-17-10-15(12-6-8-14(9-7-12)21(24)25)18-16(11-26-19(18)23)20(17)13-4-2-1-3-5-13/h1-9,15H,10-11H2. The van der Waals surface area contributed by atoms with Crippen LogP contribution in [-0.4, -0.2) is 23.4 Å². The highest BCUT2D eigenvalue weighted by molar-refractivity contribution is 6.06. The third-order valence-corrected chi connectivity index (χ3v) is 4.64. The molecule has 2 aliphatic heterocycles. The molecule has 0 N–H and O–H groups in total. The van der Waals surface area contributed by atoms with Crippen LogP contribution in [0.1, 0.15) is 17.9 Å². The second-order valence-electron chi connectivity index (χ2n) is 6.11. The van der Waals surface area contributed by atoms with E-state index in [9.17, 15) is 19.7 Å². The molecule has 1 unspecified atom stereocenters. The van der Waals surface area contributed by atoms with E-state index in [1.165, 1.54) is 17.0 Å². The van der Waals surface area contributed by atoms with Crippen LogP contribution in [0.5, 0.6) is 0 Å². The van der Waals surface area contributed by atoms with Crippen LogP contribution in [0, 0.1) is 10.1 Å². The summed E-state index contributed by atoms with van der Waals surface area (Å²) >= 11 is 0. The monoisotopic (exact) mass is 350 g/mol. The predicted octanol–water partition coefficient (Wildman–Crippen LogP) is 2.93. The summed E-state index contributed by atoms with van der Waals surface area (Å²) in [4.78, 5) is 37.0. The Morgan fingerprint density at radius 1 is 1.04 bits per heavy atom. The van der Waals surface area contributed by atoms with Gasteiger partial charge in [0.15, 0.2) is 0 Å². The maximum absolute atomic E-state index is 12.8. The Morgan fingerprint density at radius 2 is 1.73 bits per heavy atom. The fourth-order valence-corrected chi connectivity index (χ4v) is 3.44. The Bertz CT molecular complexity index is 934. The number of cyclic esters (lactones) is 1. The summed E-state index contributed by atoms with van der Waals surface area (Å²) in [6.45, 7) is 0.0400. The van der Waals surface area contributed by atoms with Gasteiger partial charge in [-0.25, -0.2) is 4.79 Å². The van der Waals surface area contributed by atoms with Crippen LogP contribution in [0.4, 0.5) is 11.4 Å². The third kappa shape index (κ3) is 2.54. The van der Waals surface area contributed by atoms with Crippen LogP contribution in [0.15, 0.2) is 65.9 Å². The molecule has 26 heavy (non-hydrogen) atoms. The van der Waals surface area contributed by atoms with Crippen LogP contribution in [-0.2, 0) is 14.3 Å². The van der Waals surface area contributed by atoms with E-state index in [-0.39, 0.29) is 24.6 Å². The lowest BCUT2D eigenvalue weighted by Crippen LogP contribution is -2.37. The summed E-state index contributed by atoms with van der Waals surface area (Å²) in [5.74, 6) is -1.05. The van der Waals surface area contributed by atoms with Gasteiger partial charge in [-0.3, -0.25) is 19.8 Å². The van der Waals surface area contributed by atoms with E-state index in [2.05, 4.69) is 0 Å². The molecule has 2 aromatic rings. The van der Waals surface area contributed by atoms with E-state index in [1.54, 1.807) is 24.3 Å². The highest BCUT2D eigenvalue weighted by Gasteiger charge is 2.42. The Hall–Kier alpha value is -3.48. The van der Waals surface area contributed by atoms with Crippen molar-refractivity contribution < 1.29 is 19.2 Å². The van der Waals surface area contributed by atoms with Crippen molar-refractivity contribution in [3.8, 4) is 0 Å². The van der Waals surface area contributed by atoms with Crippen LogP contribution < -0.4 is 4.90 Å². The minimum Gasteiger partial charge on any atom is -0.456 e. The second kappa shape index (κ2) is 6.11. The molecule has 0 aromatic heterocycles. The SMILES string of the molecule is O=C1OCC2=C1C(c1ccc([N+](=O)[O-])cc1)CC(=O)N2c1ccccc1. The zero-order valence-corrected chi connectivity index (χ0v) is 13.6. The van der Waals surface area contributed by atoms with E-state index >= 15 is 0 Å². The zero-order valence-electron chi connectivity index (χ0n) is 13.6. The molecule has 7 heteroatoms. The molecule has 0 saturated carbocycles. The lowest BCUT2D eigenvalue weighted by Gasteiger charge is -2.31. The number of nitro benzene ring substituents is 1. The summed E-state index contributed by atoms with van der Waals surface area (Å²) in [7, 11) is 0. The summed E-state index contributed by atoms with van der Waals surface area (Å²) in [5, 5.41) is 10.8. The van der Waals surface area contributed by atoms with Crippen molar-refractivity contribution in [3.05, 3.63) is 81.5 Å². The molecule has 130 valence electrons. The van der Waals surface area contributed by atoms with Crippen LogP contribution in [0.25, 0.3) is 0 Å². The highest BCUT2D eigenvalue weighted by Crippen LogP contribution is 2.41. The number of hydrogen-bond acceptors (Lipinski definition) is 5. The van der Waals surface area contributed by atoms with E-state index in [1.807, 2.05) is 18.2 Å². The number of amides is 1. The molecule has 2 heterocycles. The normalized spacial score (nSPS) is 19.4. The second-order valence-corrected chi connectivity index (χ2v) is 6.11. The van der Waals surface area contributed by atoms with Gasteiger partial charge in [0.25, 0.3) is 5.69 Å². The first-order valence-electron chi connectivity index (χ1n) is 8.09. The van der Waals surface area contributed by atoms with Gasteiger partial charge in [0.2, 0.25) is 5.91 Å². The number of para-hydroxylation sites is 1. The third-order valence-electron chi connectivity index (χ3n) is 4.64. The van der Waals surface area contributed by atoms with Gasteiger partial charge in [0.05, 0.1) is 16.2 Å². The number of carbonyl (C=O) groups excluding carboxylic acids is 2. The van der Waals surface area contributed by atoms with Gasteiger partial charge in [-0.1, -0.05) is 30.3 Å². The molecule has 1 atom stereocenters. The van der Waals surface area contributed by atoms with Crippen LogP contribution >= 0.6 is 0 Å². The molecular weight excluding hydrogens is 336 g/mol. The fraction of sp³-hybridized carbons (Fsp3) is 0.158. The molecule has 2 aliphatic rings. The topological polar surface area (TPSA) is 89.7 Å². The molecule has 7 nitrogen and oxygen atoms in total. The van der Waals surface area contributed by atoms with Crippen LogP contribution in [0.3, 0.4) is 0 Å². The molecule has 0 saturated heterocycles. The summed E-state index contributed by atoms with van der Waals surface area (Å²) in [6, 6.07) is 15.0. The fourth-order valence-electron chi connectivity index (χ4n) is 3.44. The van der Waals surface area contributed by atoms with Crippen molar-refractivity contribution in [3.63, 3.8) is 0 Å². The van der Waals surface area contributed by atoms with Crippen molar-refractivity contribution in [2.75, 3.05) is 11.5 Å². The molecule has 0 radical (unpaired) electrons. The lowest BCUT2D eigenvalue weighted by atomic mass is 9.84. The highest BCUT2D eigenvalue weighted by atomic mass is 16.6. The number of rotatable bonds is 3. The lowest BCUT2D eigenvalue weighted by molar-refractivity contribution is -0.384. The number of ether oxygens (including phenoxy) is 1. The molecule has 0 bridgehead atoms. The van der Waals surface area contributed by atoms with E-state index < -0.39 is 16.8 Å². The molecule has 0 aliphatic carbocycles. The van der Waals surface area contributed by atoms with Gasteiger partial charge in [-0.2, -0.15) is 0 Å². The average molecular weight is 350 g/mol. The number of non-ortho nitro benzene ring substituents is 1. The summed E-state index contributed by atoms with van der Waals surface area (Å²) < 4.78 is 5.20. The summed E-state index contributed by atoms with van der Waals surface area (Å²) in [5.41, 5.74) is 2.32. The van der Waals surface area contributed by atoms with Gasteiger partial charge < -0.3 is 4.74 Å². The van der Waals surface area contributed by atoms with Gasteiger partial charge in [-0.15, -0.1) is 0 Å². The minimum atomic E-state index is -0.485. The molecule has 2 aromatic carbocycles. The number of nitrogens with zero attached hydrogens (tertiary/aromatic N) is 2. The van der Waals surface area contributed by atoms with E-state index in [0.717, 1.165) is 0 Å². The number of hydrogen-bond donors (Lipinski definition) is 0. The van der Waals surface area contributed by atoms with E-state index in [4.69, 9.17) is 4.74 Å². The maximum atomic E-state index is 12.8. The van der Waals surface area contributed by atoms with Gasteiger partial charge in [0.1, 0.15) is 6.61 Å². The number of anilines is 1. The number of nitro groups is 1. The van der Waals surface area contributed by atoms with Crippen molar-refractivity contribution in [2.45, 2.75) is 12.3 Å². The van der Waals surface area contributed by atoms with Crippen molar-refractivity contribution in [1.29, 1.82) is 0 Å². The first kappa shape index (κ1) is 16.0. The number of carbonyl (C=O) groups is 2. The molecular formula is C19H14N2O5. The average Bonchev–Trinajstić information content (AvgIpc) is 3.03.